The van der Waals surface area contributed by atoms with Gasteiger partial charge in [-0.3, -0.25) is 0 Å². The second-order valence-corrected chi connectivity index (χ2v) is 3.68. The number of carbonyl (C=O) groups is 1. The van der Waals surface area contributed by atoms with Gasteiger partial charge in [-0.1, -0.05) is 0 Å². The highest BCUT2D eigenvalue weighted by Crippen LogP contribution is 1.75. The molecule has 0 aliphatic heterocycles. The van der Waals surface area contributed by atoms with Crippen molar-refractivity contribution in [2.24, 2.45) is 0 Å². The Kier molecular flexibility index (Phi) is 7.14. The maximum atomic E-state index is 11.1. The summed E-state index contributed by atoms with van der Waals surface area (Å²) in [6, 6.07) is -0.0422. The lowest BCUT2D eigenvalue weighted by molar-refractivity contribution is 0.217. The molecule has 0 saturated carbocycles. The fraction of sp³-hybridized carbons (Fsp3) is 0.889. The van der Waals surface area contributed by atoms with Gasteiger partial charge in [0.05, 0.1) is 0 Å². The molecule has 2 amide bonds. The molecule has 0 radical (unpaired) electrons. The third-order valence-corrected chi connectivity index (χ3v) is 1.72. The lowest BCUT2D eigenvalue weighted by Crippen LogP contribution is -2.39. The molecule has 0 rings (SSSR count). The highest BCUT2D eigenvalue weighted by atomic mass is 16.2. The summed E-state index contributed by atoms with van der Waals surface area (Å²) in [5, 5.41) is 6.02. The molecule has 0 saturated heterocycles. The Morgan fingerprint density at radius 1 is 1.07 bits per heavy atom. The van der Waals surface area contributed by atoms with E-state index in [0.29, 0.717) is 6.54 Å². The predicted octanol–water partition coefficient (Wildman–Crippen LogP) is -0.591. The second kappa shape index (κ2) is 7.58. The molecule has 0 aromatic rings. The Balaban J connectivity index is 3.18. The van der Waals surface area contributed by atoms with Crippen LogP contribution >= 0.6 is 0 Å². The van der Waals surface area contributed by atoms with Gasteiger partial charge in [0.2, 0.25) is 0 Å². The molecule has 0 aromatic carbocycles. The third kappa shape index (κ3) is 7.82. The van der Waals surface area contributed by atoms with Crippen LogP contribution in [0.3, 0.4) is 0 Å². The molecule has 2 N–H and O–H groups in total. The Morgan fingerprint density at radius 2 is 1.71 bits per heavy atom. The van der Waals surface area contributed by atoms with Gasteiger partial charge in [-0.15, -0.1) is 0 Å². The van der Waals surface area contributed by atoms with Gasteiger partial charge in [-0.2, -0.15) is 0 Å². The zero-order valence-electron chi connectivity index (χ0n) is 9.63. The van der Waals surface area contributed by atoms with Crippen LogP contribution in [0, 0.1) is 0 Å². The molecule has 5 heteroatoms. The van der Waals surface area contributed by atoms with Crippen molar-refractivity contribution in [3.8, 4) is 0 Å². The van der Waals surface area contributed by atoms with Crippen LogP contribution in [0.4, 0.5) is 4.79 Å². The average Bonchev–Trinajstić information content (AvgIpc) is 2.09. The highest BCUT2D eigenvalue weighted by Gasteiger charge is 1.99. The molecule has 0 atom stereocenters. The Bertz CT molecular complexity index is 159. The third-order valence-electron chi connectivity index (χ3n) is 1.72. The summed E-state index contributed by atoms with van der Waals surface area (Å²) < 4.78 is 0. The average molecular weight is 202 g/mol. The number of amides is 2. The van der Waals surface area contributed by atoms with Crippen LogP contribution in [0.2, 0.25) is 0 Å². The van der Waals surface area contributed by atoms with E-state index in [-0.39, 0.29) is 6.03 Å². The van der Waals surface area contributed by atoms with Crippen molar-refractivity contribution in [2.75, 3.05) is 54.4 Å². The largest absolute Gasteiger partial charge is 0.337 e. The standard InChI is InChI=1S/C9H22N4O/c1-12(2)8-7-10-5-6-11-9(14)13(3)4/h10H,5-8H2,1-4H3,(H,11,14). The summed E-state index contributed by atoms with van der Waals surface area (Å²) in [6.45, 7) is 3.45. The number of hydrogen-bond donors (Lipinski definition) is 2. The van der Waals surface area contributed by atoms with Crippen LogP contribution in [0.25, 0.3) is 0 Å². The fourth-order valence-electron chi connectivity index (χ4n) is 0.844. The summed E-state index contributed by atoms with van der Waals surface area (Å²) in [6.07, 6.45) is 0. The number of nitrogens with zero attached hydrogens (tertiary/aromatic N) is 2. The van der Waals surface area contributed by atoms with Gasteiger partial charge in [0, 0.05) is 40.3 Å². The number of urea groups is 1. The van der Waals surface area contributed by atoms with Crippen molar-refractivity contribution in [1.29, 1.82) is 0 Å². The topological polar surface area (TPSA) is 47.6 Å². The van der Waals surface area contributed by atoms with Crippen molar-refractivity contribution >= 4 is 6.03 Å². The minimum absolute atomic E-state index is 0.0422. The summed E-state index contributed by atoms with van der Waals surface area (Å²) in [5.41, 5.74) is 0. The molecular weight excluding hydrogens is 180 g/mol. The van der Waals surface area contributed by atoms with E-state index >= 15 is 0 Å². The molecule has 0 bridgehead atoms. The SMILES string of the molecule is CN(C)CCNCCNC(=O)N(C)C. The smallest absolute Gasteiger partial charge is 0.316 e. The zero-order valence-corrected chi connectivity index (χ0v) is 9.63. The molecule has 0 aliphatic rings. The van der Waals surface area contributed by atoms with Crippen LogP contribution in [0.5, 0.6) is 0 Å². The van der Waals surface area contributed by atoms with E-state index in [1.165, 1.54) is 4.90 Å². The molecule has 0 unspecified atom stereocenters. The number of hydrogen-bond acceptors (Lipinski definition) is 3. The van der Waals surface area contributed by atoms with Crippen molar-refractivity contribution in [2.45, 2.75) is 0 Å². The number of carbonyl (C=O) groups excluding carboxylic acids is 1. The fourth-order valence-corrected chi connectivity index (χ4v) is 0.844. The molecule has 5 nitrogen and oxygen atoms in total. The van der Waals surface area contributed by atoms with Gasteiger partial charge in [-0.05, 0) is 14.1 Å². The van der Waals surface area contributed by atoms with Gasteiger partial charge in [0.25, 0.3) is 0 Å². The van der Waals surface area contributed by atoms with Crippen molar-refractivity contribution in [3.63, 3.8) is 0 Å². The Hall–Kier alpha value is -0.810. The van der Waals surface area contributed by atoms with Crippen molar-refractivity contribution in [1.82, 2.24) is 20.4 Å². The van der Waals surface area contributed by atoms with E-state index in [1.807, 2.05) is 14.1 Å². The van der Waals surface area contributed by atoms with Crippen molar-refractivity contribution in [3.05, 3.63) is 0 Å². The molecule has 0 heterocycles. The van der Waals surface area contributed by atoms with E-state index in [0.717, 1.165) is 19.6 Å². The van der Waals surface area contributed by atoms with Gasteiger partial charge in [0.15, 0.2) is 0 Å². The molecule has 14 heavy (non-hydrogen) atoms. The first kappa shape index (κ1) is 13.2. The monoisotopic (exact) mass is 202 g/mol. The first-order chi connectivity index (χ1) is 6.54. The minimum Gasteiger partial charge on any atom is -0.337 e. The van der Waals surface area contributed by atoms with E-state index in [2.05, 4.69) is 15.5 Å². The van der Waals surface area contributed by atoms with E-state index < -0.39 is 0 Å². The van der Waals surface area contributed by atoms with Crippen LogP contribution in [-0.4, -0.2) is 70.2 Å². The van der Waals surface area contributed by atoms with Crippen molar-refractivity contribution < 1.29 is 4.79 Å². The first-order valence-electron chi connectivity index (χ1n) is 4.84. The minimum atomic E-state index is -0.0422. The van der Waals surface area contributed by atoms with Crippen LogP contribution in [-0.2, 0) is 0 Å². The lowest BCUT2D eigenvalue weighted by atomic mass is 10.5. The highest BCUT2D eigenvalue weighted by molar-refractivity contribution is 5.73. The molecule has 0 aliphatic carbocycles. The number of rotatable bonds is 6. The van der Waals surface area contributed by atoms with E-state index in [9.17, 15) is 4.79 Å². The summed E-state index contributed by atoms with van der Waals surface area (Å²) in [4.78, 5) is 14.7. The zero-order chi connectivity index (χ0) is 11.0. The number of likely N-dealkylation sites (N-methyl/N-ethyl adjacent to an activating group) is 1. The second-order valence-electron chi connectivity index (χ2n) is 3.68. The normalized spacial score (nSPS) is 10.4. The van der Waals surface area contributed by atoms with E-state index in [4.69, 9.17) is 0 Å². The van der Waals surface area contributed by atoms with Gasteiger partial charge < -0.3 is 20.4 Å². The van der Waals surface area contributed by atoms with Crippen LogP contribution in [0.1, 0.15) is 0 Å². The number of nitrogens with one attached hydrogen (secondary N) is 2. The Labute approximate surface area is 86.4 Å². The molecule has 0 aromatic heterocycles. The lowest BCUT2D eigenvalue weighted by Gasteiger charge is -2.13. The van der Waals surface area contributed by atoms with Gasteiger partial charge in [-0.25, -0.2) is 4.79 Å². The summed E-state index contributed by atoms with van der Waals surface area (Å²) >= 11 is 0. The molecule has 84 valence electrons. The Morgan fingerprint density at radius 3 is 2.21 bits per heavy atom. The quantitative estimate of drug-likeness (QED) is 0.566. The summed E-state index contributed by atoms with van der Waals surface area (Å²) in [5.74, 6) is 0. The molecular formula is C9H22N4O. The van der Waals surface area contributed by atoms with Gasteiger partial charge >= 0.3 is 6.03 Å². The van der Waals surface area contributed by atoms with Crippen LogP contribution in [0.15, 0.2) is 0 Å². The maximum absolute atomic E-state index is 11.1. The summed E-state index contributed by atoms with van der Waals surface area (Å²) in [7, 11) is 7.54. The molecule has 0 spiro atoms. The van der Waals surface area contributed by atoms with E-state index in [1.54, 1.807) is 14.1 Å². The van der Waals surface area contributed by atoms with Crippen LogP contribution < -0.4 is 10.6 Å². The molecule has 0 fully saturated rings. The first-order valence-corrected chi connectivity index (χ1v) is 4.84. The van der Waals surface area contributed by atoms with Gasteiger partial charge in [0.1, 0.15) is 0 Å². The maximum Gasteiger partial charge on any atom is 0.316 e. The predicted molar refractivity (Wildman–Crippen MR) is 58.5 cm³/mol.